The van der Waals surface area contributed by atoms with Gasteiger partial charge < -0.3 is 10.1 Å². The van der Waals surface area contributed by atoms with Gasteiger partial charge in [0.1, 0.15) is 5.75 Å². The molecule has 0 radical (unpaired) electrons. The van der Waals surface area contributed by atoms with Crippen LogP contribution in [0.25, 0.3) is 0 Å². The molecule has 0 aliphatic heterocycles. The van der Waals surface area contributed by atoms with Crippen molar-refractivity contribution < 1.29 is 14.3 Å². The van der Waals surface area contributed by atoms with E-state index in [1.165, 1.54) is 12.6 Å². The number of carbonyl (C=O) groups excluding carboxylic acids is 2. The molecule has 0 fully saturated rings. The van der Waals surface area contributed by atoms with Crippen LogP contribution in [0.5, 0.6) is 5.75 Å². The number of benzene rings is 1. The highest BCUT2D eigenvalue weighted by Crippen LogP contribution is 2.12. The van der Waals surface area contributed by atoms with E-state index in [-0.39, 0.29) is 11.9 Å². The molecule has 122 valence electrons. The summed E-state index contributed by atoms with van der Waals surface area (Å²) in [5.74, 6) is 0.548. The van der Waals surface area contributed by atoms with E-state index in [2.05, 4.69) is 10.6 Å². The van der Waals surface area contributed by atoms with Crippen LogP contribution in [0.15, 0.2) is 24.3 Å². The van der Waals surface area contributed by atoms with Gasteiger partial charge in [-0.1, -0.05) is 12.1 Å². The molecule has 0 spiro atoms. The highest BCUT2D eigenvalue weighted by molar-refractivity contribution is 5.96. The summed E-state index contributed by atoms with van der Waals surface area (Å²) in [6, 6.07) is 7.13. The molecule has 1 aromatic carbocycles. The minimum Gasteiger partial charge on any atom is -0.497 e. The molecule has 6 heteroatoms. The van der Waals surface area contributed by atoms with Crippen LogP contribution < -0.4 is 15.4 Å². The molecule has 1 aromatic rings. The van der Waals surface area contributed by atoms with Crippen molar-refractivity contribution >= 4 is 11.9 Å². The number of carbonyl (C=O) groups is 2. The van der Waals surface area contributed by atoms with E-state index in [1.807, 2.05) is 36.2 Å². The molecule has 0 aliphatic rings. The molecule has 22 heavy (non-hydrogen) atoms. The summed E-state index contributed by atoms with van der Waals surface area (Å²) in [5, 5.41) is 4.65. The predicted molar refractivity (Wildman–Crippen MR) is 86.0 cm³/mol. The van der Waals surface area contributed by atoms with Gasteiger partial charge in [-0.05, 0) is 51.1 Å². The predicted octanol–water partition coefficient (Wildman–Crippen LogP) is 1.40. The first-order valence-electron chi connectivity index (χ1n) is 7.33. The average molecular weight is 307 g/mol. The van der Waals surface area contributed by atoms with Crippen molar-refractivity contribution in [3.8, 4) is 5.75 Å². The molecule has 6 nitrogen and oxygen atoms in total. The van der Waals surface area contributed by atoms with Crippen LogP contribution in [0, 0.1) is 0 Å². The maximum atomic E-state index is 11.8. The number of ether oxygens (including phenoxy) is 1. The number of imide groups is 1. The molecule has 0 saturated heterocycles. The monoisotopic (exact) mass is 307 g/mol. The summed E-state index contributed by atoms with van der Waals surface area (Å²) in [5.41, 5.74) is 1.23. The number of aryl methyl sites for hydroxylation is 1. The largest absolute Gasteiger partial charge is 0.497 e. The minimum atomic E-state index is -0.483. The van der Waals surface area contributed by atoms with Gasteiger partial charge in [0.25, 0.3) is 0 Å². The number of amides is 3. The number of nitrogens with one attached hydrogen (secondary N) is 2. The summed E-state index contributed by atoms with van der Waals surface area (Å²) < 4.78 is 5.13. The Hall–Kier alpha value is -2.08. The van der Waals surface area contributed by atoms with Crippen molar-refractivity contribution in [3.05, 3.63) is 29.8 Å². The molecule has 0 heterocycles. The Bertz CT molecular complexity index is 488. The minimum absolute atomic E-state index is 0.300. The number of hydrogen-bond donors (Lipinski definition) is 2. The fourth-order valence-corrected chi connectivity index (χ4v) is 2.00. The number of likely N-dealkylation sites (N-methyl/N-ethyl adjacent to an activating group) is 1. The van der Waals surface area contributed by atoms with E-state index in [1.54, 1.807) is 14.0 Å². The van der Waals surface area contributed by atoms with E-state index in [0.717, 1.165) is 25.1 Å². The third-order valence-electron chi connectivity index (χ3n) is 3.64. The van der Waals surface area contributed by atoms with Crippen LogP contribution in [-0.2, 0) is 11.2 Å². The topological polar surface area (TPSA) is 70.7 Å². The lowest BCUT2D eigenvalue weighted by atomic mass is 10.1. The van der Waals surface area contributed by atoms with Gasteiger partial charge in [-0.2, -0.15) is 0 Å². The van der Waals surface area contributed by atoms with Crippen molar-refractivity contribution in [2.75, 3.05) is 27.7 Å². The third-order valence-corrected chi connectivity index (χ3v) is 3.64. The Labute approximate surface area is 131 Å². The lowest BCUT2D eigenvalue weighted by molar-refractivity contribution is -0.124. The molecular weight excluding hydrogens is 282 g/mol. The number of nitrogens with zero attached hydrogens (tertiary/aromatic N) is 1. The number of rotatable bonds is 7. The van der Waals surface area contributed by atoms with Gasteiger partial charge in [0.05, 0.1) is 13.2 Å². The zero-order chi connectivity index (χ0) is 16.5. The van der Waals surface area contributed by atoms with Gasteiger partial charge in [-0.3, -0.25) is 15.0 Å². The highest BCUT2D eigenvalue weighted by atomic mass is 16.5. The van der Waals surface area contributed by atoms with E-state index < -0.39 is 6.03 Å². The van der Waals surface area contributed by atoms with E-state index in [0.29, 0.717) is 0 Å². The zero-order valence-corrected chi connectivity index (χ0v) is 13.7. The standard InChI is InChI=1S/C16H25N3O3/c1-12(15(20)18-16(21)17-2)19(3)11-5-6-13-7-9-14(22-4)10-8-13/h7-10,12H,5-6,11H2,1-4H3,(H2,17,18,20,21)/t12-/m0/s1. The second-order valence-corrected chi connectivity index (χ2v) is 5.18. The first kappa shape index (κ1) is 18.0. The summed E-state index contributed by atoms with van der Waals surface area (Å²) >= 11 is 0. The van der Waals surface area contributed by atoms with Crippen LogP contribution in [-0.4, -0.2) is 50.6 Å². The molecule has 0 bridgehead atoms. The Morgan fingerprint density at radius 2 is 1.91 bits per heavy atom. The van der Waals surface area contributed by atoms with Crippen molar-refractivity contribution in [2.45, 2.75) is 25.8 Å². The molecule has 3 amide bonds. The molecular formula is C16H25N3O3. The highest BCUT2D eigenvalue weighted by Gasteiger charge is 2.19. The zero-order valence-electron chi connectivity index (χ0n) is 13.7. The van der Waals surface area contributed by atoms with Gasteiger partial charge in [-0.15, -0.1) is 0 Å². The van der Waals surface area contributed by atoms with Crippen molar-refractivity contribution in [2.24, 2.45) is 0 Å². The van der Waals surface area contributed by atoms with Crippen molar-refractivity contribution in [1.29, 1.82) is 0 Å². The normalized spacial score (nSPS) is 11.9. The van der Waals surface area contributed by atoms with Crippen molar-refractivity contribution in [1.82, 2.24) is 15.5 Å². The molecule has 0 aliphatic carbocycles. The molecule has 2 N–H and O–H groups in total. The number of methoxy groups -OCH3 is 1. The Morgan fingerprint density at radius 1 is 1.27 bits per heavy atom. The second kappa shape index (κ2) is 9.04. The SMILES string of the molecule is CNC(=O)NC(=O)[C@H](C)N(C)CCCc1ccc(OC)cc1. The average Bonchev–Trinajstić information content (AvgIpc) is 2.54. The van der Waals surface area contributed by atoms with Gasteiger partial charge >= 0.3 is 6.03 Å². The number of hydrogen-bond acceptors (Lipinski definition) is 4. The van der Waals surface area contributed by atoms with E-state index in [4.69, 9.17) is 4.74 Å². The third kappa shape index (κ3) is 5.73. The quantitative estimate of drug-likeness (QED) is 0.799. The number of urea groups is 1. The lowest BCUT2D eigenvalue weighted by Crippen LogP contribution is -2.48. The van der Waals surface area contributed by atoms with Gasteiger partial charge in [0.15, 0.2) is 0 Å². The maximum Gasteiger partial charge on any atom is 0.321 e. The van der Waals surface area contributed by atoms with Crippen LogP contribution in [0.2, 0.25) is 0 Å². The second-order valence-electron chi connectivity index (χ2n) is 5.18. The fraction of sp³-hybridized carbons (Fsp3) is 0.500. The van der Waals surface area contributed by atoms with Crippen LogP contribution >= 0.6 is 0 Å². The maximum absolute atomic E-state index is 11.8. The molecule has 0 aromatic heterocycles. The summed E-state index contributed by atoms with van der Waals surface area (Å²) in [6.45, 7) is 2.56. The molecule has 1 rings (SSSR count). The van der Waals surface area contributed by atoms with E-state index in [9.17, 15) is 9.59 Å². The molecule has 0 saturated carbocycles. The fourth-order valence-electron chi connectivity index (χ4n) is 2.00. The summed E-state index contributed by atoms with van der Waals surface area (Å²) in [4.78, 5) is 24.9. The van der Waals surface area contributed by atoms with Gasteiger partial charge in [0.2, 0.25) is 5.91 Å². The smallest absolute Gasteiger partial charge is 0.321 e. The summed E-state index contributed by atoms with van der Waals surface area (Å²) in [6.07, 6.45) is 1.86. The lowest BCUT2D eigenvalue weighted by Gasteiger charge is -2.23. The Morgan fingerprint density at radius 3 is 2.45 bits per heavy atom. The first-order valence-corrected chi connectivity index (χ1v) is 7.33. The molecule has 0 unspecified atom stereocenters. The van der Waals surface area contributed by atoms with Gasteiger partial charge in [0, 0.05) is 7.05 Å². The Kier molecular flexibility index (Phi) is 7.39. The van der Waals surface area contributed by atoms with Crippen LogP contribution in [0.1, 0.15) is 18.9 Å². The van der Waals surface area contributed by atoms with Crippen LogP contribution in [0.3, 0.4) is 0 Å². The summed E-state index contributed by atoms with van der Waals surface area (Å²) in [7, 11) is 5.00. The molecule has 1 atom stereocenters. The van der Waals surface area contributed by atoms with Crippen LogP contribution in [0.4, 0.5) is 4.79 Å². The first-order chi connectivity index (χ1) is 10.5. The van der Waals surface area contributed by atoms with Gasteiger partial charge in [-0.25, -0.2) is 4.79 Å². The van der Waals surface area contributed by atoms with Crippen molar-refractivity contribution in [3.63, 3.8) is 0 Å². The van der Waals surface area contributed by atoms with E-state index >= 15 is 0 Å². The Balaban J connectivity index is 2.36.